The molecule has 1 saturated heterocycles. The highest BCUT2D eigenvalue weighted by molar-refractivity contribution is 6.03. The first-order chi connectivity index (χ1) is 18.6. The van der Waals surface area contributed by atoms with Gasteiger partial charge in [-0.2, -0.15) is 5.26 Å². The molecule has 9 nitrogen and oxygen atoms in total. The fourth-order valence-corrected chi connectivity index (χ4v) is 5.14. The quantitative estimate of drug-likeness (QED) is 0.541. The van der Waals surface area contributed by atoms with Gasteiger partial charge in [0.15, 0.2) is 0 Å². The number of nitriles is 1. The number of likely N-dealkylation sites (tertiary alicyclic amines) is 1. The number of pyridine rings is 1. The third-order valence-electron chi connectivity index (χ3n) is 7.29. The average molecular weight is 533 g/mol. The van der Waals surface area contributed by atoms with Gasteiger partial charge in [-0.1, -0.05) is 11.8 Å². The van der Waals surface area contributed by atoms with E-state index in [9.17, 15) is 14.7 Å². The average Bonchev–Trinajstić information content (AvgIpc) is 2.88. The Bertz CT molecular complexity index is 1340. The van der Waals surface area contributed by atoms with Gasteiger partial charge in [0, 0.05) is 29.4 Å². The Morgan fingerprint density at radius 2 is 2.00 bits per heavy atom. The van der Waals surface area contributed by atoms with E-state index >= 15 is 0 Å². The Kier molecular flexibility index (Phi) is 8.62. The molecular weight excluding hydrogens is 496 g/mol. The number of aliphatic hydroxyl groups is 1. The van der Waals surface area contributed by atoms with Crippen molar-refractivity contribution in [2.45, 2.75) is 83.5 Å². The molecule has 1 atom stereocenters. The van der Waals surface area contributed by atoms with E-state index in [-0.39, 0.29) is 36.0 Å². The van der Waals surface area contributed by atoms with Crippen molar-refractivity contribution >= 4 is 22.6 Å². The lowest BCUT2D eigenvalue weighted by molar-refractivity contribution is -0.132. The van der Waals surface area contributed by atoms with Gasteiger partial charge >= 0.3 is 0 Å². The van der Waals surface area contributed by atoms with Crippen LogP contribution in [0.4, 0.5) is 0 Å². The molecule has 2 amide bonds. The number of hydrogen-bond donors (Lipinski definition) is 2. The van der Waals surface area contributed by atoms with Gasteiger partial charge in [-0.15, -0.1) is 0 Å². The van der Waals surface area contributed by atoms with E-state index in [1.807, 2.05) is 26.8 Å². The number of ether oxygens (including phenoxy) is 2. The van der Waals surface area contributed by atoms with Crippen LogP contribution < -0.4 is 15.2 Å². The maximum Gasteiger partial charge on any atom is 0.252 e. The van der Waals surface area contributed by atoms with Crippen molar-refractivity contribution in [1.82, 2.24) is 9.88 Å². The Morgan fingerprint density at radius 1 is 1.26 bits per heavy atom. The van der Waals surface area contributed by atoms with Crippen molar-refractivity contribution in [3.8, 4) is 29.5 Å². The van der Waals surface area contributed by atoms with E-state index in [0.717, 1.165) is 25.7 Å². The SMILES string of the molecule is CC(C)Oc1cc2c(O[C@@H]3CCCN(C(=O)CC#N)C3)ncc(C#C[C@H]3CC[C@](C)(O)CC3)c2cc1C(N)=O. The van der Waals surface area contributed by atoms with Gasteiger partial charge in [0.05, 0.1) is 35.4 Å². The number of nitrogens with two attached hydrogens (primary N) is 1. The lowest BCUT2D eigenvalue weighted by Crippen LogP contribution is -2.44. The molecule has 2 fully saturated rings. The van der Waals surface area contributed by atoms with Crippen LogP contribution in [0.5, 0.6) is 11.6 Å². The van der Waals surface area contributed by atoms with Crippen LogP contribution in [0.3, 0.4) is 0 Å². The van der Waals surface area contributed by atoms with Crippen LogP contribution in [-0.2, 0) is 4.79 Å². The fourth-order valence-electron chi connectivity index (χ4n) is 5.14. The summed E-state index contributed by atoms with van der Waals surface area (Å²) >= 11 is 0. The molecule has 2 heterocycles. The molecule has 1 aliphatic carbocycles. The highest BCUT2D eigenvalue weighted by atomic mass is 16.5. The van der Waals surface area contributed by atoms with Crippen molar-refractivity contribution < 1.29 is 24.2 Å². The van der Waals surface area contributed by atoms with Gasteiger partial charge in [-0.25, -0.2) is 4.98 Å². The zero-order chi connectivity index (χ0) is 28.2. The Labute approximate surface area is 229 Å². The smallest absolute Gasteiger partial charge is 0.252 e. The molecule has 39 heavy (non-hydrogen) atoms. The van der Waals surface area contributed by atoms with Crippen LogP contribution in [-0.4, -0.2) is 57.7 Å². The predicted molar refractivity (Wildman–Crippen MR) is 146 cm³/mol. The van der Waals surface area contributed by atoms with Crippen LogP contribution in [0.1, 0.15) is 81.6 Å². The van der Waals surface area contributed by atoms with Gasteiger partial charge < -0.3 is 25.2 Å². The fraction of sp³-hybridized carbons (Fsp3) is 0.533. The number of carbonyl (C=O) groups is 2. The summed E-state index contributed by atoms with van der Waals surface area (Å²) in [5.74, 6) is 6.62. The molecule has 4 rings (SSSR count). The van der Waals surface area contributed by atoms with E-state index in [1.54, 1.807) is 23.2 Å². The number of nitrogens with zero attached hydrogens (tertiary/aromatic N) is 3. The summed E-state index contributed by atoms with van der Waals surface area (Å²) in [5.41, 5.74) is 5.97. The van der Waals surface area contributed by atoms with Crippen molar-refractivity contribution in [1.29, 1.82) is 5.26 Å². The number of amides is 2. The molecule has 1 aromatic carbocycles. The maximum atomic E-state index is 12.4. The van der Waals surface area contributed by atoms with E-state index in [2.05, 4.69) is 16.8 Å². The number of piperidine rings is 1. The summed E-state index contributed by atoms with van der Waals surface area (Å²) < 4.78 is 12.2. The Morgan fingerprint density at radius 3 is 2.67 bits per heavy atom. The normalized spacial score (nSPS) is 23.0. The number of primary amides is 1. The molecular formula is C30H36N4O5. The second-order valence-corrected chi connectivity index (χ2v) is 11.0. The highest BCUT2D eigenvalue weighted by Crippen LogP contribution is 2.35. The van der Waals surface area contributed by atoms with Crippen LogP contribution in [0.25, 0.3) is 10.8 Å². The minimum atomic E-state index is -0.636. The summed E-state index contributed by atoms with van der Waals surface area (Å²) in [4.78, 5) is 30.9. The summed E-state index contributed by atoms with van der Waals surface area (Å²) in [5, 5.41) is 20.5. The van der Waals surface area contributed by atoms with Crippen molar-refractivity contribution in [3.05, 3.63) is 29.5 Å². The Balaban J connectivity index is 1.71. The molecule has 1 saturated carbocycles. The summed E-state index contributed by atoms with van der Waals surface area (Å²) in [6, 6.07) is 5.32. The highest BCUT2D eigenvalue weighted by Gasteiger charge is 2.28. The first-order valence-electron chi connectivity index (χ1n) is 13.5. The standard InChI is InChI=1S/C30H36N4O5/c1-19(2)38-26-16-24-23(15-25(26)28(32)36)21(7-6-20-8-11-30(3,37)12-9-20)17-33-29(24)39-22-5-4-14-34(18-22)27(35)10-13-31/h15-17,19-20,22,37H,4-5,8-12,14,18H2,1-3H3,(H2,32,36)/t20-,22-,30-/m1/s1. The molecule has 1 aromatic heterocycles. The molecule has 206 valence electrons. The molecule has 0 unspecified atom stereocenters. The van der Waals surface area contributed by atoms with Crippen LogP contribution in [0.2, 0.25) is 0 Å². The third kappa shape index (κ3) is 6.99. The lowest BCUT2D eigenvalue weighted by Gasteiger charge is -2.32. The first kappa shape index (κ1) is 28.2. The molecule has 0 radical (unpaired) electrons. The largest absolute Gasteiger partial charge is 0.490 e. The Hall–Kier alpha value is -3.82. The van der Waals surface area contributed by atoms with E-state index in [0.29, 0.717) is 53.9 Å². The molecule has 2 aromatic rings. The van der Waals surface area contributed by atoms with Gasteiger partial charge in [0.2, 0.25) is 11.8 Å². The van der Waals surface area contributed by atoms with Gasteiger partial charge in [0.25, 0.3) is 5.91 Å². The molecule has 9 heteroatoms. The van der Waals surface area contributed by atoms with Gasteiger partial charge in [-0.3, -0.25) is 9.59 Å². The van der Waals surface area contributed by atoms with Gasteiger partial charge in [-0.05, 0) is 71.4 Å². The number of hydrogen-bond acceptors (Lipinski definition) is 7. The summed E-state index contributed by atoms with van der Waals surface area (Å²) in [6.07, 6.45) is 5.51. The third-order valence-corrected chi connectivity index (χ3v) is 7.29. The van der Waals surface area contributed by atoms with Crippen molar-refractivity contribution in [2.24, 2.45) is 11.7 Å². The number of benzene rings is 1. The minimum absolute atomic E-state index is 0.161. The number of aromatic nitrogens is 1. The second kappa shape index (κ2) is 11.9. The number of rotatable bonds is 6. The van der Waals surface area contributed by atoms with Crippen molar-refractivity contribution in [3.63, 3.8) is 0 Å². The van der Waals surface area contributed by atoms with Gasteiger partial charge in [0.1, 0.15) is 18.3 Å². The molecule has 3 N–H and O–H groups in total. The minimum Gasteiger partial charge on any atom is -0.490 e. The molecule has 2 aliphatic rings. The number of fused-ring (bicyclic) bond motifs is 1. The van der Waals surface area contributed by atoms with Crippen LogP contribution in [0.15, 0.2) is 18.3 Å². The molecule has 1 aliphatic heterocycles. The van der Waals surface area contributed by atoms with Crippen LogP contribution >= 0.6 is 0 Å². The topological polar surface area (TPSA) is 139 Å². The predicted octanol–water partition coefficient (Wildman–Crippen LogP) is 3.70. The van der Waals surface area contributed by atoms with Crippen molar-refractivity contribution in [2.75, 3.05) is 13.1 Å². The zero-order valence-electron chi connectivity index (χ0n) is 22.8. The second-order valence-electron chi connectivity index (χ2n) is 11.0. The van der Waals surface area contributed by atoms with E-state index in [4.69, 9.17) is 20.5 Å². The maximum absolute atomic E-state index is 12.4. The molecule has 0 spiro atoms. The first-order valence-corrected chi connectivity index (χ1v) is 13.5. The van der Waals surface area contributed by atoms with E-state index < -0.39 is 11.5 Å². The summed E-state index contributed by atoms with van der Waals surface area (Å²) in [6.45, 7) is 6.55. The van der Waals surface area contributed by atoms with Crippen LogP contribution in [0, 0.1) is 29.1 Å². The summed E-state index contributed by atoms with van der Waals surface area (Å²) in [7, 11) is 0. The zero-order valence-corrected chi connectivity index (χ0v) is 22.8. The van der Waals surface area contributed by atoms with E-state index in [1.165, 1.54) is 0 Å². The molecule has 0 bridgehead atoms. The monoisotopic (exact) mass is 532 g/mol. The lowest BCUT2D eigenvalue weighted by atomic mass is 9.80. The number of carbonyl (C=O) groups excluding carboxylic acids is 2.